The molecule has 0 unspecified atom stereocenters. The number of aromatic nitrogens is 1. The molecule has 1 N–H and O–H groups in total. The van der Waals surface area contributed by atoms with E-state index >= 15 is 0 Å². The Hall–Kier alpha value is -1.29. The number of nitrogens with zero attached hydrogens (tertiary/aromatic N) is 1. The number of pyridine rings is 1. The zero-order valence-corrected chi connectivity index (χ0v) is 9.99. The molecule has 0 saturated carbocycles. The zero-order chi connectivity index (χ0) is 11.5. The van der Waals surface area contributed by atoms with Crippen LogP contribution in [0, 0.1) is 6.92 Å². The van der Waals surface area contributed by atoms with E-state index in [9.17, 15) is 0 Å². The lowest BCUT2D eigenvalue weighted by Gasteiger charge is -2.13. The molecule has 0 bridgehead atoms. The van der Waals surface area contributed by atoms with Gasteiger partial charge in [-0.3, -0.25) is 0 Å². The summed E-state index contributed by atoms with van der Waals surface area (Å²) in [6.07, 6.45) is 1.30. The Labute approximate surface area is 96.0 Å². The lowest BCUT2D eigenvalue weighted by Crippen LogP contribution is -2.20. The molecule has 0 radical (unpaired) electrons. The Balaban J connectivity index is 2.06. The van der Waals surface area contributed by atoms with Crippen LogP contribution in [0.25, 0.3) is 0 Å². The largest absolute Gasteiger partial charge is 0.489 e. The molecule has 16 heavy (non-hydrogen) atoms. The molecule has 1 aliphatic heterocycles. The smallest absolute Gasteiger partial charge is 0.216 e. The molecule has 2 rings (SSSR count). The first kappa shape index (κ1) is 11.2. The van der Waals surface area contributed by atoms with Crippen molar-refractivity contribution >= 4 is 0 Å². The molecule has 2 atom stereocenters. The van der Waals surface area contributed by atoms with Gasteiger partial charge in [-0.2, -0.15) is 0 Å². The van der Waals surface area contributed by atoms with Gasteiger partial charge in [-0.15, -0.1) is 0 Å². The lowest BCUT2D eigenvalue weighted by atomic mass is 10.2. The molecule has 1 aliphatic rings. The van der Waals surface area contributed by atoms with Crippen molar-refractivity contribution in [1.82, 2.24) is 10.3 Å². The van der Waals surface area contributed by atoms with Gasteiger partial charge in [-0.05, 0) is 13.8 Å². The van der Waals surface area contributed by atoms with E-state index in [1.807, 2.05) is 19.1 Å². The lowest BCUT2D eigenvalue weighted by molar-refractivity contribution is 0.219. The van der Waals surface area contributed by atoms with Crippen molar-refractivity contribution in [2.75, 3.05) is 13.7 Å². The van der Waals surface area contributed by atoms with E-state index in [1.54, 1.807) is 7.11 Å². The summed E-state index contributed by atoms with van der Waals surface area (Å²) in [6, 6.07) is 4.30. The molecule has 1 aromatic rings. The third kappa shape index (κ3) is 2.64. The number of rotatable bonds is 3. The maximum Gasteiger partial charge on any atom is 0.216 e. The first-order valence-electron chi connectivity index (χ1n) is 5.60. The molecular formula is C12H18N2O2. The second-order valence-electron chi connectivity index (χ2n) is 4.27. The second kappa shape index (κ2) is 4.70. The van der Waals surface area contributed by atoms with Crippen molar-refractivity contribution in [3.8, 4) is 11.6 Å². The van der Waals surface area contributed by atoms with Crippen LogP contribution in [-0.2, 0) is 0 Å². The van der Waals surface area contributed by atoms with E-state index < -0.39 is 0 Å². The summed E-state index contributed by atoms with van der Waals surface area (Å²) in [6.45, 7) is 5.01. The van der Waals surface area contributed by atoms with Gasteiger partial charge in [0.1, 0.15) is 11.9 Å². The molecule has 1 saturated heterocycles. The second-order valence-corrected chi connectivity index (χ2v) is 4.27. The van der Waals surface area contributed by atoms with Crippen molar-refractivity contribution in [3.05, 3.63) is 17.8 Å². The van der Waals surface area contributed by atoms with Crippen LogP contribution in [0.2, 0.25) is 0 Å². The van der Waals surface area contributed by atoms with Gasteiger partial charge in [0.2, 0.25) is 5.88 Å². The van der Waals surface area contributed by atoms with Crippen molar-refractivity contribution in [2.24, 2.45) is 0 Å². The zero-order valence-electron chi connectivity index (χ0n) is 9.99. The standard InChI is InChI=1S/C12H18N2O2/c1-8-4-11(7-13-8)16-10-5-9(2)14-12(6-10)15-3/h5-6,8,11,13H,4,7H2,1-3H3/t8-,11+/m0/s1. The molecular weight excluding hydrogens is 204 g/mol. The quantitative estimate of drug-likeness (QED) is 0.842. The van der Waals surface area contributed by atoms with Crippen molar-refractivity contribution < 1.29 is 9.47 Å². The van der Waals surface area contributed by atoms with E-state index in [2.05, 4.69) is 17.2 Å². The maximum absolute atomic E-state index is 5.89. The number of methoxy groups -OCH3 is 1. The van der Waals surface area contributed by atoms with Crippen LogP contribution in [0.1, 0.15) is 19.0 Å². The molecule has 0 spiro atoms. The minimum Gasteiger partial charge on any atom is -0.489 e. The molecule has 2 heterocycles. The average molecular weight is 222 g/mol. The Morgan fingerprint density at radius 3 is 2.88 bits per heavy atom. The summed E-state index contributed by atoms with van der Waals surface area (Å²) < 4.78 is 11.0. The van der Waals surface area contributed by atoms with Gasteiger partial charge in [0.05, 0.1) is 7.11 Å². The van der Waals surface area contributed by atoms with Gasteiger partial charge in [0.15, 0.2) is 0 Å². The highest BCUT2D eigenvalue weighted by Gasteiger charge is 2.22. The van der Waals surface area contributed by atoms with Crippen molar-refractivity contribution in [2.45, 2.75) is 32.4 Å². The van der Waals surface area contributed by atoms with Gasteiger partial charge in [-0.25, -0.2) is 4.98 Å². The Bertz CT molecular complexity index is 368. The molecule has 88 valence electrons. The minimum atomic E-state index is 0.251. The van der Waals surface area contributed by atoms with Gasteiger partial charge in [-0.1, -0.05) is 0 Å². The Morgan fingerprint density at radius 2 is 2.25 bits per heavy atom. The van der Waals surface area contributed by atoms with E-state index in [1.165, 1.54) is 0 Å². The Morgan fingerprint density at radius 1 is 1.44 bits per heavy atom. The molecule has 1 fully saturated rings. The molecule has 4 nitrogen and oxygen atoms in total. The normalized spacial score (nSPS) is 24.4. The van der Waals surface area contributed by atoms with Crippen LogP contribution in [0.15, 0.2) is 12.1 Å². The SMILES string of the molecule is COc1cc(O[C@H]2CN[C@@H](C)C2)cc(C)n1. The monoisotopic (exact) mass is 222 g/mol. The molecule has 4 heteroatoms. The van der Waals surface area contributed by atoms with Crippen LogP contribution in [-0.4, -0.2) is 30.8 Å². The number of ether oxygens (including phenoxy) is 2. The number of hydrogen-bond acceptors (Lipinski definition) is 4. The van der Waals surface area contributed by atoms with E-state index in [4.69, 9.17) is 9.47 Å². The predicted octanol–water partition coefficient (Wildman–Crippen LogP) is 1.53. The Kier molecular flexibility index (Phi) is 3.29. The summed E-state index contributed by atoms with van der Waals surface area (Å²) in [5.41, 5.74) is 0.911. The topological polar surface area (TPSA) is 43.4 Å². The fourth-order valence-electron chi connectivity index (χ4n) is 1.96. The fraction of sp³-hybridized carbons (Fsp3) is 0.583. The summed E-state index contributed by atoms with van der Waals surface area (Å²) >= 11 is 0. The van der Waals surface area contributed by atoms with Crippen LogP contribution in [0.5, 0.6) is 11.6 Å². The van der Waals surface area contributed by atoms with Crippen LogP contribution < -0.4 is 14.8 Å². The fourth-order valence-corrected chi connectivity index (χ4v) is 1.96. The summed E-state index contributed by atoms with van der Waals surface area (Å²) in [5, 5.41) is 3.36. The molecule has 0 amide bonds. The van der Waals surface area contributed by atoms with E-state index in [0.29, 0.717) is 11.9 Å². The average Bonchev–Trinajstić information content (AvgIpc) is 2.63. The summed E-state index contributed by atoms with van der Waals surface area (Å²) in [7, 11) is 1.62. The summed E-state index contributed by atoms with van der Waals surface area (Å²) in [5.74, 6) is 1.44. The highest BCUT2D eigenvalue weighted by atomic mass is 16.5. The number of hydrogen-bond donors (Lipinski definition) is 1. The third-order valence-corrected chi connectivity index (χ3v) is 2.73. The van der Waals surface area contributed by atoms with Crippen molar-refractivity contribution in [3.63, 3.8) is 0 Å². The molecule has 0 aliphatic carbocycles. The van der Waals surface area contributed by atoms with Gasteiger partial charge >= 0.3 is 0 Å². The van der Waals surface area contributed by atoms with E-state index in [0.717, 1.165) is 24.4 Å². The van der Waals surface area contributed by atoms with Crippen molar-refractivity contribution in [1.29, 1.82) is 0 Å². The third-order valence-electron chi connectivity index (χ3n) is 2.73. The highest BCUT2D eigenvalue weighted by Crippen LogP contribution is 2.22. The maximum atomic E-state index is 5.89. The van der Waals surface area contributed by atoms with E-state index in [-0.39, 0.29) is 6.10 Å². The number of nitrogens with one attached hydrogen (secondary N) is 1. The number of aryl methyl sites for hydroxylation is 1. The molecule has 0 aromatic carbocycles. The van der Waals surface area contributed by atoms with Crippen LogP contribution >= 0.6 is 0 Å². The van der Waals surface area contributed by atoms with Crippen LogP contribution in [0.4, 0.5) is 0 Å². The first-order chi connectivity index (χ1) is 7.67. The van der Waals surface area contributed by atoms with Crippen LogP contribution in [0.3, 0.4) is 0 Å². The first-order valence-corrected chi connectivity index (χ1v) is 5.60. The summed E-state index contributed by atoms with van der Waals surface area (Å²) in [4.78, 5) is 4.22. The van der Waals surface area contributed by atoms with Gasteiger partial charge < -0.3 is 14.8 Å². The minimum absolute atomic E-state index is 0.251. The predicted molar refractivity (Wildman–Crippen MR) is 62.0 cm³/mol. The highest BCUT2D eigenvalue weighted by molar-refractivity contribution is 5.30. The van der Waals surface area contributed by atoms with Gasteiger partial charge in [0.25, 0.3) is 0 Å². The molecule has 1 aromatic heterocycles. The van der Waals surface area contributed by atoms with Gasteiger partial charge in [0, 0.05) is 36.8 Å².